The summed E-state index contributed by atoms with van der Waals surface area (Å²) in [5.41, 5.74) is 2.06. The largest absolute Gasteiger partial charge is 0.497 e. The second-order valence-electron chi connectivity index (χ2n) is 7.78. The first-order valence-electron chi connectivity index (χ1n) is 10.3. The van der Waals surface area contributed by atoms with E-state index in [1.807, 2.05) is 72.8 Å². The van der Waals surface area contributed by atoms with E-state index in [2.05, 4.69) is 10.3 Å². The molecular formula is C25H22N4O3. The normalized spacial score (nSPS) is 17.4. The Morgan fingerprint density at radius 1 is 0.969 bits per heavy atom. The van der Waals surface area contributed by atoms with Crippen LogP contribution in [-0.2, 0) is 23.5 Å². The molecule has 0 saturated carbocycles. The number of methoxy groups -OCH3 is 1. The summed E-state index contributed by atoms with van der Waals surface area (Å²) < 4.78 is 6.71. The summed E-state index contributed by atoms with van der Waals surface area (Å²) in [6, 6.07) is 24.5. The van der Waals surface area contributed by atoms with Gasteiger partial charge in [-0.3, -0.25) is 4.79 Å². The Hall–Kier alpha value is -3.97. The van der Waals surface area contributed by atoms with Gasteiger partial charge in [-0.2, -0.15) is 0 Å². The number of carbonyl (C=O) groups excluding carboxylic acids is 1. The van der Waals surface area contributed by atoms with Crippen LogP contribution in [-0.4, -0.2) is 33.1 Å². The van der Waals surface area contributed by atoms with Gasteiger partial charge in [0.25, 0.3) is 5.91 Å². The highest BCUT2D eigenvalue weighted by molar-refractivity contribution is 6.06. The lowest BCUT2D eigenvalue weighted by atomic mass is 9.95. The average molecular weight is 426 g/mol. The van der Waals surface area contributed by atoms with Gasteiger partial charge in [-0.05, 0) is 35.9 Å². The molecule has 32 heavy (non-hydrogen) atoms. The van der Waals surface area contributed by atoms with Crippen LogP contribution in [0.15, 0.2) is 85.1 Å². The Morgan fingerprint density at radius 2 is 1.69 bits per heavy atom. The second-order valence-corrected chi connectivity index (χ2v) is 7.78. The minimum atomic E-state index is -1.73. The molecule has 0 spiro atoms. The standard InChI is InChI=1S/C25H22N4O3/c1-32-20-13-11-19(12-14-20)22-16-28(27-26-22)17-25(31)21-9-5-6-10-23(21)29(24(25)30)15-18-7-3-2-4-8-18/h2-14,16,31H,15,17H2,1H3. The van der Waals surface area contributed by atoms with Crippen LogP contribution < -0.4 is 9.64 Å². The van der Waals surface area contributed by atoms with Crippen LogP contribution >= 0.6 is 0 Å². The van der Waals surface area contributed by atoms with Crippen LogP contribution in [0.25, 0.3) is 11.3 Å². The lowest BCUT2D eigenvalue weighted by Crippen LogP contribution is -2.43. The molecule has 0 radical (unpaired) electrons. The Bertz CT molecular complexity index is 1250. The fourth-order valence-corrected chi connectivity index (χ4v) is 4.09. The van der Waals surface area contributed by atoms with Crippen molar-refractivity contribution in [2.75, 3.05) is 12.0 Å². The van der Waals surface area contributed by atoms with Crippen LogP contribution in [0.3, 0.4) is 0 Å². The zero-order valence-corrected chi connectivity index (χ0v) is 17.5. The summed E-state index contributed by atoms with van der Waals surface area (Å²) >= 11 is 0. The van der Waals surface area contributed by atoms with Gasteiger partial charge in [-0.1, -0.05) is 53.7 Å². The lowest BCUT2D eigenvalue weighted by Gasteiger charge is -2.23. The third kappa shape index (κ3) is 3.42. The monoisotopic (exact) mass is 426 g/mol. The van der Waals surface area contributed by atoms with Crippen molar-refractivity contribution in [2.24, 2.45) is 0 Å². The topological polar surface area (TPSA) is 80.5 Å². The van der Waals surface area contributed by atoms with Gasteiger partial charge in [0.1, 0.15) is 11.4 Å². The number of hydrogen-bond donors (Lipinski definition) is 1. The van der Waals surface area contributed by atoms with Crippen molar-refractivity contribution in [3.05, 3.63) is 96.2 Å². The molecule has 1 unspecified atom stereocenters. The number of benzene rings is 3. The highest BCUT2D eigenvalue weighted by atomic mass is 16.5. The maximum Gasteiger partial charge on any atom is 0.265 e. The molecule has 1 aliphatic rings. The number of carbonyl (C=O) groups is 1. The van der Waals surface area contributed by atoms with E-state index in [1.54, 1.807) is 24.3 Å². The molecule has 0 fully saturated rings. The van der Waals surface area contributed by atoms with Gasteiger partial charge in [-0.25, -0.2) is 4.68 Å². The van der Waals surface area contributed by atoms with Gasteiger partial charge >= 0.3 is 0 Å². The fourth-order valence-electron chi connectivity index (χ4n) is 4.09. The van der Waals surface area contributed by atoms with Crippen molar-refractivity contribution in [1.29, 1.82) is 0 Å². The Kier molecular flexibility index (Phi) is 4.95. The predicted octanol–water partition coefficient (Wildman–Crippen LogP) is 3.39. The minimum Gasteiger partial charge on any atom is -0.497 e. The molecule has 7 heteroatoms. The number of fused-ring (bicyclic) bond motifs is 1. The molecule has 0 saturated heterocycles. The molecule has 0 bridgehead atoms. The lowest BCUT2D eigenvalue weighted by molar-refractivity contribution is -0.138. The highest BCUT2D eigenvalue weighted by Crippen LogP contribution is 2.42. The number of anilines is 1. The predicted molar refractivity (Wildman–Crippen MR) is 120 cm³/mol. The minimum absolute atomic E-state index is 0.0305. The summed E-state index contributed by atoms with van der Waals surface area (Å²) in [7, 11) is 1.61. The van der Waals surface area contributed by atoms with Gasteiger partial charge in [0, 0.05) is 11.1 Å². The first-order valence-corrected chi connectivity index (χ1v) is 10.3. The third-order valence-corrected chi connectivity index (χ3v) is 5.74. The first-order chi connectivity index (χ1) is 15.6. The van der Waals surface area contributed by atoms with E-state index in [-0.39, 0.29) is 12.5 Å². The molecule has 160 valence electrons. The van der Waals surface area contributed by atoms with Crippen LogP contribution in [0.4, 0.5) is 5.69 Å². The fraction of sp³-hybridized carbons (Fsp3) is 0.160. The van der Waals surface area contributed by atoms with Gasteiger partial charge in [0.05, 0.1) is 32.1 Å². The first kappa shape index (κ1) is 20.0. The van der Waals surface area contributed by atoms with Crippen molar-refractivity contribution in [2.45, 2.75) is 18.7 Å². The molecule has 1 aromatic heterocycles. The number of aromatic nitrogens is 3. The molecule has 1 aliphatic heterocycles. The number of ether oxygens (including phenoxy) is 1. The average Bonchev–Trinajstić information content (AvgIpc) is 3.38. The van der Waals surface area contributed by atoms with Crippen LogP contribution in [0.1, 0.15) is 11.1 Å². The zero-order chi connectivity index (χ0) is 22.1. The van der Waals surface area contributed by atoms with Crippen molar-refractivity contribution >= 4 is 11.6 Å². The molecule has 1 atom stereocenters. The third-order valence-electron chi connectivity index (χ3n) is 5.74. The molecule has 2 heterocycles. The van der Waals surface area contributed by atoms with Crippen molar-refractivity contribution in [3.8, 4) is 17.0 Å². The Balaban J connectivity index is 1.44. The van der Waals surface area contributed by atoms with E-state index >= 15 is 0 Å². The molecule has 7 nitrogen and oxygen atoms in total. The maximum absolute atomic E-state index is 13.4. The summed E-state index contributed by atoms with van der Waals surface area (Å²) in [5.74, 6) is 0.381. The summed E-state index contributed by atoms with van der Waals surface area (Å²) in [4.78, 5) is 15.1. The van der Waals surface area contributed by atoms with E-state index in [9.17, 15) is 9.90 Å². The van der Waals surface area contributed by atoms with Crippen LogP contribution in [0.5, 0.6) is 5.75 Å². The highest BCUT2D eigenvalue weighted by Gasteiger charge is 2.50. The van der Waals surface area contributed by atoms with Crippen LogP contribution in [0.2, 0.25) is 0 Å². The molecule has 5 rings (SSSR count). The van der Waals surface area contributed by atoms with Gasteiger partial charge in [0.15, 0.2) is 5.60 Å². The molecule has 1 N–H and O–H groups in total. The number of para-hydroxylation sites is 1. The van der Waals surface area contributed by atoms with Gasteiger partial charge in [-0.15, -0.1) is 5.10 Å². The number of hydrogen-bond acceptors (Lipinski definition) is 5. The molecular weight excluding hydrogens is 404 g/mol. The molecule has 4 aromatic rings. The summed E-state index contributed by atoms with van der Waals surface area (Å²) in [5, 5.41) is 19.9. The van der Waals surface area contributed by atoms with Crippen molar-refractivity contribution < 1.29 is 14.6 Å². The number of rotatable bonds is 6. The maximum atomic E-state index is 13.4. The van der Waals surface area contributed by atoms with E-state index < -0.39 is 5.60 Å². The molecule has 1 amide bonds. The smallest absolute Gasteiger partial charge is 0.265 e. The number of amides is 1. The molecule has 3 aromatic carbocycles. The van der Waals surface area contributed by atoms with E-state index in [4.69, 9.17) is 4.74 Å². The summed E-state index contributed by atoms with van der Waals surface area (Å²) in [6.45, 7) is 0.352. The van der Waals surface area contributed by atoms with Crippen molar-refractivity contribution in [3.63, 3.8) is 0 Å². The van der Waals surface area contributed by atoms with Gasteiger partial charge < -0.3 is 14.7 Å². The van der Waals surface area contributed by atoms with E-state index in [0.717, 1.165) is 16.9 Å². The van der Waals surface area contributed by atoms with Crippen molar-refractivity contribution in [1.82, 2.24) is 15.0 Å². The van der Waals surface area contributed by atoms with E-state index in [1.165, 1.54) is 4.68 Å². The summed E-state index contributed by atoms with van der Waals surface area (Å²) in [6.07, 6.45) is 1.73. The second kappa shape index (κ2) is 7.94. The zero-order valence-electron chi connectivity index (χ0n) is 17.5. The van der Waals surface area contributed by atoms with Gasteiger partial charge in [0.2, 0.25) is 0 Å². The Morgan fingerprint density at radius 3 is 2.44 bits per heavy atom. The Labute approximate surface area is 185 Å². The SMILES string of the molecule is COc1ccc(-c2cn(CC3(O)C(=O)N(Cc4ccccc4)c4ccccc43)nn2)cc1. The van der Waals surface area contributed by atoms with E-state index in [0.29, 0.717) is 23.5 Å². The number of aliphatic hydroxyl groups is 1. The van der Waals surface area contributed by atoms with Crippen LogP contribution in [0, 0.1) is 0 Å². The number of nitrogens with zero attached hydrogens (tertiary/aromatic N) is 4. The quantitative estimate of drug-likeness (QED) is 0.511. The molecule has 0 aliphatic carbocycles.